The molecule has 1 heterocycles. The van der Waals surface area contributed by atoms with Gasteiger partial charge in [0, 0.05) is 41.8 Å². The predicted octanol–water partition coefficient (Wildman–Crippen LogP) is -2.03. The van der Waals surface area contributed by atoms with Gasteiger partial charge < -0.3 is 19.6 Å². The average molecular weight is 250 g/mol. The SMILES string of the molecule is Cn1ccnc1.O=C([O-])[O-].[Ag]. The van der Waals surface area contributed by atoms with Crippen LogP contribution in [0.3, 0.4) is 0 Å². The topological polar surface area (TPSA) is 81.0 Å². The standard InChI is InChI=1S/C4H6N2.CH2O3.Ag/c1-6-3-2-5-4-6;2-1(3)4;/h2-4H,1H3;(H2,2,3,4);/p-2. The van der Waals surface area contributed by atoms with Gasteiger partial charge in [0.05, 0.1) is 6.33 Å². The summed E-state index contributed by atoms with van der Waals surface area (Å²) < 4.78 is 1.89. The van der Waals surface area contributed by atoms with Crippen molar-refractivity contribution in [2.24, 2.45) is 7.05 Å². The molecule has 11 heavy (non-hydrogen) atoms. The Bertz CT molecular complexity index is 184. The monoisotopic (exact) mass is 249 g/mol. The van der Waals surface area contributed by atoms with Gasteiger partial charge in [-0.2, -0.15) is 0 Å². The van der Waals surface area contributed by atoms with E-state index in [9.17, 15) is 0 Å². The number of carbonyl (C=O) groups excluding carboxylic acids is 1. The molecular formula is C5H6AgN2O3-2. The summed E-state index contributed by atoms with van der Waals surface area (Å²) in [6.45, 7) is 0. The van der Waals surface area contributed by atoms with Crippen molar-refractivity contribution < 1.29 is 37.4 Å². The first kappa shape index (κ1) is 12.9. The zero-order valence-corrected chi connectivity index (χ0v) is 7.13. The van der Waals surface area contributed by atoms with Crippen molar-refractivity contribution in [3.05, 3.63) is 18.7 Å². The Labute approximate surface area is 79.2 Å². The second-order valence-corrected chi connectivity index (χ2v) is 1.48. The molecule has 1 rings (SSSR count). The molecule has 0 saturated heterocycles. The predicted molar refractivity (Wildman–Crippen MR) is 28.6 cm³/mol. The zero-order chi connectivity index (χ0) is 7.98. The Morgan fingerprint density at radius 2 is 2.00 bits per heavy atom. The van der Waals surface area contributed by atoms with E-state index in [4.69, 9.17) is 15.0 Å². The maximum absolute atomic E-state index is 8.33. The van der Waals surface area contributed by atoms with Crippen molar-refractivity contribution in [2.45, 2.75) is 0 Å². The van der Waals surface area contributed by atoms with Gasteiger partial charge >= 0.3 is 0 Å². The molecular weight excluding hydrogens is 244 g/mol. The Morgan fingerprint density at radius 1 is 1.55 bits per heavy atom. The second kappa shape index (κ2) is 7.33. The Kier molecular flexibility index (Phi) is 8.57. The Hall–Kier alpha value is -0.780. The number of hydrogen-bond donors (Lipinski definition) is 0. The maximum Gasteiger partial charge on any atom is 0.0943 e. The van der Waals surface area contributed by atoms with Crippen LogP contribution < -0.4 is 10.2 Å². The number of aromatic nitrogens is 2. The molecule has 0 bridgehead atoms. The first-order chi connectivity index (χ1) is 4.63. The fraction of sp³-hybridized carbons (Fsp3) is 0.200. The molecule has 0 aliphatic carbocycles. The van der Waals surface area contributed by atoms with Gasteiger partial charge in [0.15, 0.2) is 0 Å². The summed E-state index contributed by atoms with van der Waals surface area (Å²) in [6.07, 6.45) is 3.06. The van der Waals surface area contributed by atoms with Crippen LogP contribution in [0.15, 0.2) is 18.7 Å². The van der Waals surface area contributed by atoms with Crippen LogP contribution in [0.2, 0.25) is 0 Å². The minimum absolute atomic E-state index is 0. The number of imidazole rings is 1. The van der Waals surface area contributed by atoms with Crippen molar-refractivity contribution in [3.63, 3.8) is 0 Å². The van der Waals surface area contributed by atoms with Crippen molar-refractivity contribution >= 4 is 6.16 Å². The van der Waals surface area contributed by atoms with Crippen molar-refractivity contribution in [1.29, 1.82) is 0 Å². The van der Waals surface area contributed by atoms with Gasteiger partial charge in [0.1, 0.15) is 0 Å². The minimum atomic E-state index is -2.33. The van der Waals surface area contributed by atoms with E-state index in [0.717, 1.165) is 0 Å². The fourth-order valence-corrected chi connectivity index (χ4v) is 0.326. The van der Waals surface area contributed by atoms with Crippen LogP contribution in [-0.2, 0) is 29.4 Å². The number of nitrogens with zero attached hydrogens (tertiary/aromatic N) is 2. The van der Waals surface area contributed by atoms with Crippen LogP contribution in [0, 0.1) is 0 Å². The number of carbonyl (C=O) groups is 1. The molecule has 0 unspecified atom stereocenters. The summed E-state index contributed by atoms with van der Waals surface area (Å²) in [6, 6.07) is 0. The van der Waals surface area contributed by atoms with Gasteiger partial charge in [-0.1, -0.05) is 0 Å². The molecule has 0 atom stereocenters. The molecule has 0 aromatic carbocycles. The van der Waals surface area contributed by atoms with E-state index in [2.05, 4.69) is 4.98 Å². The molecule has 0 aliphatic heterocycles. The molecule has 1 aromatic heterocycles. The van der Waals surface area contributed by atoms with Crippen LogP contribution in [0.25, 0.3) is 0 Å². The van der Waals surface area contributed by atoms with E-state index in [0.29, 0.717) is 0 Å². The smallest absolute Gasteiger partial charge is 0.0943 e. The van der Waals surface area contributed by atoms with Gasteiger partial charge in [-0.05, 0) is 6.16 Å². The molecule has 0 saturated carbocycles. The molecule has 0 amide bonds. The average Bonchev–Trinajstić information content (AvgIpc) is 2.15. The second-order valence-electron chi connectivity index (χ2n) is 1.48. The fourth-order valence-electron chi connectivity index (χ4n) is 0.326. The molecule has 0 aliphatic rings. The van der Waals surface area contributed by atoms with Gasteiger partial charge in [-0.15, -0.1) is 0 Å². The molecule has 1 radical (unpaired) electrons. The number of carboxylic acid groups (broad SMARTS) is 2. The first-order valence-electron chi connectivity index (χ1n) is 2.43. The number of aryl methyl sites for hydroxylation is 1. The summed E-state index contributed by atoms with van der Waals surface area (Å²) in [5, 5.41) is 16.7. The molecule has 0 fully saturated rings. The van der Waals surface area contributed by atoms with E-state index in [1.165, 1.54) is 0 Å². The largest absolute Gasteiger partial charge is 0.652 e. The van der Waals surface area contributed by atoms with Gasteiger partial charge in [0.25, 0.3) is 0 Å². The molecule has 67 valence electrons. The van der Waals surface area contributed by atoms with Gasteiger partial charge in [-0.25, -0.2) is 4.98 Å². The van der Waals surface area contributed by atoms with Crippen LogP contribution >= 0.6 is 0 Å². The van der Waals surface area contributed by atoms with Crippen LogP contribution in [0.4, 0.5) is 4.79 Å². The van der Waals surface area contributed by atoms with Crippen molar-refractivity contribution in [2.75, 3.05) is 0 Å². The summed E-state index contributed by atoms with van der Waals surface area (Å²) in [7, 11) is 1.94. The molecule has 1 aromatic rings. The normalized spacial score (nSPS) is 7.00. The van der Waals surface area contributed by atoms with E-state index < -0.39 is 6.16 Å². The van der Waals surface area contributed by atoms with Crippen molar-refractivity contribution in [1.82, 2.24) is 9.55 Å². The molecule has 0 N–H and O–H groups in total. The van der Waals surface area contributed by atoms with E-state index in [1.54, 1.807) is 12.5 Å². The molecule has 0 spiro atoms. The summed E-state index contributed by atoms with van der Waals surface area (Å²) in [4.78, 5) is 12.1. The minimum Gasteiger partial charge on any atom is -0.652 e. The summed E-state index contributed by atoms with van der Waals surface area (Å²) in [5.41, 5.74) is 0. The maximum atomic E-state index is 8.33. The van der Waals surface area contributed by atoms with Crippen LogP contribution in [-0.4, -0.2) is 15.7 Å². The molecule has 6 heteroatoms. The number of hydrogen-bond acceptors (Lipinski definition) is 4. The van der Waals surface area contributed by atoms with E-state index in [1.807, 2.05) is 17.8 Å². The van der Waals surface area contributed by atoms with E-state index in [-0.39, 0.29) is 22.4 Å². The van der Waals surface area contributed by atoms with E-state index >= 15 is 0 Å². The van der Waals surface area contributed by atoms with Crippen LogP contribution in [0.1, 0.15) is 0 Å². The van der Waals surface area contributed by atoms with Gasteiger partial charge in [-0.3, -0.25) is 0 Å². The van der Waals surface area contributed by atoms with Gasteiger partial charge in [0.2, 0.25) is 0 Å². The van der Waals surface area contributed by atoms with Crippen molar-refractivity contribution in [3.8, 4) is 0 Å². The quantitative estimate of drug-likeness (QED) is 0.497. The van der Waals surface area contributed by atoms with Crippen LogP contribution in [0.5, 0.6) is 0 Å². The third-order valence-corrected chi connectivity index (χ3v) is 0.637. The third-order valence-electron chi connectivity index (χ3n) is 0.637. The summed E-state index contributed by atoms with van der Waals surface area (Å²) in [5.74, 6) is 0. The summed E-state index contributed by atoms with van der Waals surface area (Å²) >= 11 is 0. The third kappa shape index (κ3) is 12.4. The number of rotatable bonds is 0. The Morgan fingerprint density at radius 3 is 2.09 bits per heavy atom. The first-order valence-corrected chi connectivity index (χ1v) is 2.43. The zero-order valence-electron chi connectivity index (χ0n) is 5.65. The Balaban J connectivity index is 0. The molecule has 5 nitrogen and oxygen atoms in total.